The van der Waals surface area contributed by atoms with Crippen molar-refractivity contribution < 1.29 is 4.39 Å². The number of rotatable bonds is 2. The topological polar surface area (TPSA) is 47.3 Å². The van der Waals surface area contributed by atoms with E-state index in [1.165, 1.54) is 6.07 Å². The Hall–Kier alpha value is -1.70. The van der Waals surface area contributed by atoms with Crippen LogP contribution in [0.4, 0.5) is 4.39 Å². The van der Waals surface area contributed by atoms with Crippen molar-refractivity contribution in [2.75, 3.05) is 0 Å². The number of hydrogen-bond donors (Lipinski definition) is 0. The molecule has 2 heterocycles. The SMILES string of the molecule is O=c1/c(=C/c2ccc(Cl)cc2Cl)sc2nc(-c3cc(F)c(Cl)cc3Cl)nn12. The predicted molar refractivity (Wildman–Crippen MR) is 108 cm³/mol. The summed E-state index contributed by atoms with van der Waals surface area (Å²) in [6.45, 7) is 0. The molecule has 4 rings (SSSR count). The van der Waals surface area contributed by atoms with Gasteiger partial charge >= 0.3 is 0 Å². The van der Waals surface area contributed by atoms with E-state index in [0.29, 0.717) is 25.1 Å². The molecular weight excluding hydrogens is 455 g/mol. The first-order valence-electron chi connectivity index (χ1n) is 7.35. The molecule has 0 unspecified atom stereocenters. The third-order valence-corrected chi connectivity index (χ3v) is 5.81. The highest BCUT2D eigenvalue weighted by Gasteiger charge is 2.16. The largest absolute Gasteiger partial charge is 0.291 e. The van der Waals surface area contributed by atoms with Crippen molar-refractivity contribution in [1.29, 1.82) is 0 Å². The van der Waals surface area contributed by atoms with Gasteiger partial charge in [0, 0.05) is 15.6 Å². The van der Waals surface area contributed by atoms with Crippen LogP contribution in [0.15, 0.2) is 35.1 Å². The standard InChI is InChI=1S/C17H6Cl4FN3OS/c18-8-2-1-7(10(19)4-8)3-14-16(26)25-17(27-14)23-15(24-25)9-5-13(22)12(21)6-11(9)20/h1-6H/b14-3-. The number of thiazole rings is 1. The number of fused-ring (bicyclic) bond motifs is 1. The van der Waals surface area contributed by atoms with E-state index in [2.05, 4.69) is 10.1 Å². The zero-order valence-electron chi connectivity index (χ0n) is 13.0. The van der Waals surface area contributed by atoms with E-state index in [0.717, 1.165) is 21.9 Å². The molecule has 0 radical (unpaired) electrons. The van der Waals surface area contributed by atoms with Crippen molar-refractivity contribution >= 4 is 68.8 Å². The quantitative estimate of drug-likeness (QED) is 0.390. The van der Waals surface area contributed by atoms with E-state index in [9.17, 15) is 9.18 Å². The van der Waals surface area contributed by atoms with Crippen LogP contribution < -0.4 is 10.1 Å². The summed E-state index contributed by atoms with van der Waals surface area (Å²) >= 11 is 24.9. The molecule has 0 saturated heterocycles. The summed E-state index contributed by atoms with van der Waals surface area (Å²) < 4.78 is 15.3. The molecule has 136 valence electrons. The third-order valence-electron chi connectivity index (χ3n) is 3.68. The van der Waals surface area contributed by atoms with Crippen LogP contribution in [0.3, 0.4) is 0 Å². The molecule has 2 aromatic carbocycles. The summed E-state index contributed by atoms with van der Waals surface area (Å²) in [4.78, 5) is 17.2. The Morgan fingerprint density at radius 2 is 1.81 bits per heavy atom. The number of benzene rings is 2. The van der Waals surface area contributed by atoms with Crippen LogP contribution in [0.1, 0.15) is 5.56 Å². The minimum Gasteiger partial charge on any atom is -0.266 e. The molecule has 0 spiro atoms. The zero-order chi connectivity index (χ0) is 19.3. The van der Waals surface area contributed by atoms with Gasteiger partial charge in [0.05, 0.1) is 14.6 Å². The fourth-order valence-corrected chi connectivity index (χ4v) is 4.23. The molecule has 4 aromatic rings. The highest BCUT2D eigenvalue weighted by molar-refractivity contribution is 7.15. The van der Waals surface area contributed by atoms with E-state index in [-0.39, 0.29) is 27.0 Å². The lowest BCUT2D eigenvalue weighted by Gasteiger charge is -2.01. The van der Waals surface area contributed by atoms with E-state index in [1.54, 1.807) is 24.3 Å². The number of aromatic nitrogens is 3. The highest BCUT2D eigenvalue weighted by Crippen LogP contribution is 2.30. The van der Waals surface area contributed by atoms with Crippen LogP contribution in [0.25, 0.3) is 22.4 Å². The van der Waals surface area contributed by atoms with Gasteiger partial charge in [-0.2, -0.15) is 9.50 Å². The lowest BCUT2D eigenvalue weighted by Crippen LogP contribution is -2.23. The fourth-order valence-electron chi connectivity index (χ4n) is 2.40. The van der Waals surface area contributed by atoms with E-state index in [4.69, 9.17) is 46.4 Å². The second kappa shape index (κ2) is 7.04. The van der Waals surface area contributed by atoms with Gasteiger partial charge in [-0.3, -0.25) is 4.79 Å². The summed E-state index contributed by atoms with van der Waals surface area (Å²) in [5, 5.41) is 5.15. The van der Waals surface area contributed by atoms with Crippen LogP contribution in [0, 0.1) is 5.82 Å². The maximum absolute atomic E-state index is 13.7. The Morgan fingerprint density at radius 1 is 1.04 bits per heavy atom. The van der Waals surface area contributed by atoms with Crippen molar-refractivity contribution in [3.05, 3.63) is 76.7 Å². The van der Waals surface area contributed by atoms with Crippen molar-refractivity contribution in [1.82, 2.24) is 14.6 Å². The second-order valence-corrected chi connectivity index (χ2v) is 8.12. The summed E-state index contributed by atoms with van der Waals surface area (Å²) in [7, 11) is 0. The van der Waals surface area contributed by atoms with Gasteiger partial charge in [0.15, 0.2) is 5.82 Å². The molecule has 0 atom stereocenters. The fraction of sp³-hybridized carbons (Fsp3) is 0. The Labute approximate surface area is 175 Å². The molecule has 0 aliphatic carbocycles. The average molecular weight is 461 g/mol. The van der Waals surface area contributed by atoms with Gasteiger partial charge in [0.1, 0.15) is 5.82 Å². The van der Waals surface area contributed by atoms with Gasteiger partial charge in [0.25, 0.3) is 5.56 Å². The van der Waals surface area contributed by atoms with Crippen LogP contribution in [0.2, 0.25) is 20.1 Å². The molecule has 4 nitrogen and oxygen atoms in total. The zero-order valence-corrected chi connectivity index (χ0v) is 16.9. The van der Waals surface area contributed by atoms with E-state index < -0.39 is 5.82 Å². The van der Waals surface area contributed by atoms with Crippen LogP contribution in [-0.2, 0) is 0 Å². The van der Waals surface area contributed by atoms with Gasteiger partial charge in [-0.05, 0) is 35.9 Å². The van der Waals surface area contributed by atoms with Crippen LogP contribution in [0.5, 0.6) is 0 Å². The van der Waals surface area contributed by atoms with Gasteiger partial charge in [-0.15, -0.1) is 5.10 Å². The second-order valence-electron chi connectivity index (χ2n) is 5.46. The highest BCUT2D eigenvalue weighted by atomic mass is 35.5. The van der Waals surface area contributed by atoms with Crippen LogP contribution in [-0.4, -0.2) is 14.6 Å². The molecule has 0 N–H and O–H groups in total. The lowest BCUT2D eigenvalue weighted by atomic mass is 10.2. The van der Waals surface area contributed by atoms with E-state index >= 15 is 0 Å². The van der Waals surface area contributed by atoms with Crippen molar-refractivity contribution in [2.45, 2.75) is 0 Å². The maximum atomic E-state index is 13.7. The molecule has 0 aliphatic heterocycles. The monoisotopic (exact) mass is 459 g/mol. The summed E-state index contributed by atoms with van der Waals surface area (Å²) in [6, 6.07) is 7.38. The molecule has 0 bridgehead atoms. The minimum atomic E-state index is -0.650. The first kappa shape index (κ1) is 18.7. The number of hydrogen-bond acceptors (Lipinski definition) is 4. The van der Waals surface area contributed by atoms with Crippen molar-refractivity contribution in [2.24, 2.45) is 0 Å². The Balaban J connectivity index is 1.84. The summed E-state index contributed by atoms with van der Waals surface area (Å²) in [6.07, 6.45) is 1.64. The lowest BCUT2D eigenvalue weighted by molar-refractivity contribution is 0.628. The molecule has 27 heavy (non-hydrogen) atoms. The molecule has 0 saturated carbocycles. The summed E-state index contributed by atoms with van der Waals surface area (Å²) in [5.74, 6) is -0.516. The molecular formula is C17H6Cl4FN3OS. The molecule has 2 aromatic heterocycles. The first-order chi connectivity index (χ1) is 12.8. The number of nitrogens with zero attached hydrogens (tertiary/aromatic N) is 3. The first-order valence-corrected chi connectivity index (χ1v) is 9.67. The minimum absolute atomic E-state index is 0.106. The molecule has 10 heteroatoms. The molecule has 0 fully saturated rings. The molecule has 0 amide bonds. The molecule has 0 aliphatic rings. The average Bonchev–Trinajstić information content (AvgIpc) is 3.13. The van der Waals surface area contributed by atoms with Gasteiger partial charge in [-0.25, -0.2) is 4.39 Å². The van der Waals surface area contributed by atoms with Gasteiger partial charge in [-0.1, -0.05) is 63.8 Å². The van der Waals surface area contributed by atoms with Gasteiger partial charge in [0.2, 0.25) is 4.96 Å². The predicted octanol–water partition coefficient (Wildman–Crippen LogP) is 5.12. The maximum Gasteiger partial charge on any atom is 0.291 e. The Bertz CT molecular complexity index is 1320. The van der Waals surface area contributed by atoms with Gasteiger partial charge < -0.3 is 0 Å². The smallest absolute Gasteiger partial charge is 0.266 e. The van der Waals surface area contributed by atoms with Crippen molar-refractivity contribution in [3.8, 4) is 11.4 Å². The summed E-state index contributed by atoms with van der Waals surface area (Å²) in [5.41, 5.74) is 0.524. The Morgan fingerprint density at radius 3 is 2.52 bits per heavy atom. The van der Waals surface area contributed by atoms with Crippen molar-refractivity contribution in [3.63, 3.8) is 0 Å². The number of halogens is 5. The normalized spacial score (nSPS) is 12.3. The van der Waals surface area contributed by atoms with Crippen LogP contribution >= 0.6 is 57.7 Å². The van der Waals surface area contributed by atoms with E-state index in [1.807, 2.05) is 0 Å². The Kier molecular flexibility index (Phi) is 4.86. The third kappa shape index (κ3) is 3.44.